The molecule has 1 N–H and O–H groups in total. The van der Waals surface area contributed by atoms with Crippen LogP contribution < -0.4 is 0 Å². The molecule has 0 aliphatic rings. The Morgan fingerprint density at radius 3 is 2.50 bits per heavy atom. The number of hydrogen-bond acceptors (Lipinski definition) is 3. The van der Waals surface area contributed by atoms with E-state index in [4.69, 9.17) is 4.74 Å². The number of aryl methyl sites for hydroxylation is 2. The molecule has 18 heavy (non-hydrogen) atoms. The smallest absolute Gasteiger partial charge is 0.0857 e. The normalized spacial score (nSPS) is 14.8. The third-order valence-electron chi connectivity index (χ3n) is 3.12. The highest BCUT2D eigenvalue weighted by atomic mass is 79.9. The third kappa shape index (κ3) is 3.56. The minimum absolute atomic E-state index is 0.109. The predicted octanol–water partition coefficient (Wildman–Crippen LogP) is 2.46. The number of nitrogens with zero attached hydrogens (tertiary/aromatic N) is 2. The summed E-state index contributed by atoms with van der Waals surface area (Å²) < 4.78 is 8.39. The summed E-state index contributed by atoms with van der Waals surface area (Å²) in [5.41, 5.74) is 2.06. The summed E-state index contributed by atoms with van der Waals surface area (Å²) in [5.74, 6) is 0. The Balaban J connectivity index is 2.80. The van der Waals surface area contributed by atoms with Gasteiger partial charge < -0.3 is 9.84 Å². The van der Waals surface area contributed by atoms with E-state index in [0.29, 0.717) is 13.0 Å². The Kier molecular flexibility index (Phi) is 6.32. The molecule has 1 aromatic heterocycles. The van der Waals surface area contributed by atoms with Crippen molar-refractivity contribution < 1.29 is 9.84 Å². The van der Waals surface area contributed by atoms with Gasteiger partial charge in [0.15, 0.2) is 0 Å². The molecule has 0 aromatic carbocycles. The van der Waals surface area contributed by atoms with Crippen LogP contribution in [0.25, 0.3) is 0 Å². The molecule has 0 spiro atoms. The van der Waals surface area contributed by atoms with Crippen LogP contribution in [0, 0.1) is 0 Å². The van der Waals surface area contributed by atoms with Crippen LogP contribution in [0.4, 0.5) is 0 Å². The fourth-order valence-electron chi connectivity index (χ4n) is 2.09. The summed E-state index contributed by atoms with van der Waals surface area (Å²) in [5, 5.41) is 14.7. The van der Waals surface area contributed by atoms with Crippen molar-refractivity contribution in [1.82, 2.24) is 9.78 Å². The van der Waals surface area contributed by atoms with Crippen LogP contribution in [0.5, 0.6) is 0 Å². The van der Waals surface area contributed by atoms with Crippen molar-refractivity contribution in [1.29, 1.82) is 0 Å². The second-order valence-corrected chi connectivity index (χ2v) is 5.15. The van der Waals surface area contributed by atoms with E-state index >= 15 is 0 Å². The van der Waals surface area contributed by atoms with E-state index in [9.17, 15) is 5.11 Å². The maximum absolute atomic E-state index is 10.2. The van der Waals surface area contributed by atoms with Gasteiger partial charge in [-0.1, -0.05) is 13.8 Å². The lowest BCUT2D eigenvalue weighted by Crippen LogP contribution is -2.31. The third-order valence-corrected chi connectivity index (χ3v) is 4.03. The van der Waals surface area contributed by atoms with E-state index in [1.807, 2.05) is 25.6 Å². The molecule has 0 saturated carbocycles. The highest BCUT2D eigenvalue weighted by Crippen LogP contribution is 2.24. The number of aliphatic hydroxyl groups excluding tert-OH is 1. The summed E-state index contributed by atoms with van der Waals surface area (Å²) in [7, 11) is 1.91. The van der Waals surface area contributed by atoms with Crippen LogP contribution in [-0.4, -0.2) is 33.7 Å². The van der Waals surface area contributed by atoms with E-state index in [0.717, 1.165) is 28.7 Å². The number of hydrogen-bond donors (Lipinski definition) is 1. The average molecular weight is 319 g/mol. The number of ether oxygens (including phenoxy) is 1. The summed E-state index contributed by atoms with van der Waals surface area (Å²) in [4.78, 5) is 0. The zero-order chi connectivity index (χ0) is 13.7. The molecule has 1 aromatic rings. The molecular weight excluding hydrogens is 296 g/mol. The van der Waals surface area contributed by atoms with Gasteiger partial charge in [-0.15, -0.1) is 0 Å². The van der Waals surface area contributed by atoms with E-state index in [1.54, 1.807) is 0 Å². The number of rotatable bonds is 7. The first-order chi connectivity index (χ1) is 8.54. The van der Waals surface area contributed by atoms with Crippen molar-refractivity contribution in [3.05, 3.63) is 15.9 Å². The second-order valence-electron chi connectivity index (χ2n) is 4.36. The Morgan fingerprint density at radius 1 is 1.39 bits per heavy atom. The molecule has 0 fully saturated rings. The minimum atomic E-state index is -0.494. The van der Waals surface area contributed by atoms with Crippen molar-refractivity contribution >= 4 is 15.9 Å². The highest BCUT2D eigenvalue weighted by Gasteiger charge is 2.22. The number of aromatic nitrogens is 2. The highest BCUT2D eigenvalue weighted by molar-refractivity contribution is 9.10. The molecule has 1 rings (SSSR count). The van der Waals surface area contributed by atoms with Gasteiger partial charge in [0, 0.05) is 20.1 Å². The molecule has 2 unspecified atom stereocenters. The molecule has 0 aliphatic heterocycles. The predicted molar refractivity (Wildman–Crippen MR) is 75.7 cm³/mol. The van der Waals surface area contributed by atoms with Crippen molar-refractivity contribution in [3.8, 4) is 0 Å². The van der Waals surface area contributed by atoms with Gasteiger partial charge in [-0.3, -0.25) is 4.68 Å². The van der Waals surface area contributed by atoms with Crippen molar-refractivity contribution in [2.45, 2.75) is 52.2 Å². The first kappa shape index (κ1) is 15.7. The van der Waals surface area contributed by atoms with Crippen LogP contribution in [0.1, 0.15) is 38.6 Å². The molecule has 0 aliphatic carbocycles. The Hall–Kier alpha value is -0.390. The van der Waals surface area contributed by atoms with Crippen molar-refractivity contribution in [2.24, 2.45) is 7.05 Å². The number of aliphatic hydroxyl groups is 1. The molecule has 0 amide bonds. The van der Waals surface area contributed by atoms with Gasteiger partial charge in [0.25, 0.3) is 0 Å². The maximum atomic E-state index is 10.2. The van der Waals surface area contributed by atoms with Crippen LogP contribution in [0.2, 0.25) is 0 Å². The van der Waals surface area contributed by atoms with Crippen LogP contribution >= 0.6 is 15.9 Å². The van der Waals surface area contributed by atoms with Crippen molar-refractivity contribution in [3.63, 3.8) is 0 Å². The summed E-state index contributed by atoms with van der Waals surface area (Å²) in [6.45, 7) is 6.68. The molecule has 5 heteroatoms. The lowest BCUT2D eigenvalue weighted by molar-refractivity contribution is -0.0341. The molecule has 104 valence electrons. The molecule has 0 saturated heterocycles. The maximum Gasteiger partial charge on any atom is 0.0857 e. The lowest BCUT2D eigenvalue weighted by atomic mass is 10.1. The SMILES string of the molecule is CCOC(CC)C(O)Cc1c(Br)c(CC)nn1C. The van der Waals surface area contributed by atoms with E-state index in [1.165, 1.54) is 0 Å². The molecule has 2 atom stereocenters. The topological polar surface area (TPSA) is 47.3 Å². The average Bonchev–Trinajstić information content (AvgIpc) is 2.63. The zero-order valence-corrected chi connectivity index (χ0v) is 13.2. The Labute approximate surface area is 117 Å². The molecule has 4 nitrogen and oxygen atoms in total. The first-order valence-electron chi connectivity index (χ1n) is 6.54. The van der Waals surface area contributed by atoms with E-state index in [2.05, 4.69) is 28.0 Å². The van der Waals surface area contributed by atoms with Gasteiger partial charge in [0.1, 0.15) is 0 Å². The number of halogens is 1. The summed E-state index contributed by atoms with van der Waals surface area (Å²) in [6, 6.07) is 0. The standard InChI is InChI=1S/C13H23BrN2O2/c1-5-9-13(14)10(16(4)15-9)8-11(17)12(6-2)18-7-3/h11-12,17H,5-8H2,1-4H3. The van der Waals surface area contributed by atoms with Crippen LogP contribution in [-0.2, 0) is 24.6 Å². The van der Waals surface area contributed by atoms with E-state index < -0.39 is 6.10 Å². The summed E-state index contributed by atoms with van der Waals surface area (Å²) >= 11 is 3.57. The van der Waals surface area contributed by atoms with Gasteiger partial charge in [-0.2, -0.15) is 5.10 Å². The van der Waals surface area contributed by atoms with Crippen LogP contribution in [0.3, 0.4) is 0 Å². The summed E-state index contributed by atoms with van der Waals surface area (Å²) in [6.07, 6.45) is 1.65. The lowest BCUT2D eigenvalue weighted by Gasteiger charge is -2.21. The fourth-order valence-corrected chi connectivity index (χ4v) is 2.86. The van der Waals surface area contributed by atoms with Crippen LogP contribution in [0.15, 0.2) is 4.47 Å². The Morgan fingerprint density at radius 2 is 2.06 bits per heavy atom. The van der Waals surface area contributed by atoms with Gasteiger partial charge >= 0.3 is 0 Å². The van der Waals surface area contributed by atoms with Gasteiger partial charge in [0.2, 0.25) is 0 Å². The Bertz CT molecular complexity index is 379. The monoisotopic (exact) mass is 318 g/mol. The fraction of sp³-hybridized carbons (Fsp3) is 0.769. The van der Waals surface area contributed by atoms with Gasteiger partial charge in [-0.25, -0.2) is 0 Å². The largest absolute Gasteiger partial charge is 0.390 e. The molecule has 1 heterocycles. The van der Waals surface area contributed by atoms with E-state index in [-0.39, 0.29) is 6.10 Å². The minimum Gasteiger partial charge on any atom is -0.390 e. The molecule has 0 bridgehead atoms. The van der Waals surface area contributed by atoms with Crippen molar-refractivity contribution in [2.75, 3.05) is 6.61 Å². The quantitative estimate of drug-likeness (QED) is 0.840. The first-order valence-corrected chi connectivity index (χ1v) is 7.34. The molecular formula is C13H23BrN2O2. The zero-order valence-electron chi connectivity index (χ0n) is 11.6. The molecule has 0 radical (unpaired) electrons. The van der Waals surface area contributed by atoms with Gasteiger partial charge in [0.05, 0.1) is 28.1 Å². The van der Waals surface area contributed by atoms with Gasteiger partial charge in [-0.05, 0) is 35.7 Å². The second kappa shape index (κ2) is 7.26.